The quantitative estimate of drug-likeness (QED) is 0.126. The summed E-state index contributed by atoms with van der Waals surface area (Å²) in [6.45, 7) is 36.3. The van der Waals surface area contributed by atoms with Crippen molar-refractivity contribution in [1.82, 2.24) is 15.5 Å². The van der Waals surface area contributed by atoms with Crippen LogP contribution in [0.4, 0.5) is 0 Å². The molecule has 4 N–H and O–H groups in total. The molecular formula is C50H86N4O. The Balaban J connectivity index is -0.000000298. The molecule has 0 heterocycles. The van der Waals surface area contributed by atoms with Crippen LogP contribution in [-0.2, 0) is 31.0 Å². The standard InChI is InChI=1S/C12H19N.C11H15NO.C11H17N.C8H11N.4C2H6/c1-4-9-13(3)10-12-8-6-5-7-11(12)2;1-3-11(13)12-8-10-7-5-4-6-9(10)2;1-3-8-12-9-11-7-5-4-6-10(11)2;1-7-4-2-3-5-8(7)6-9;4*1-2/h5-8H,4,9-10H2,1-3H3;4-7H,3,8H2,1-2H3,(H,12,13);4-7,12H,3,8-9H2,1-2H3;2-5H,6,9H2,1H3;4*1-2H3. The van der Waals surface area contributed by atoms with Crippen molar-refractivity contribution in [3.8, 4) is 0 Å². The molecule has 5 nitrogen and oxygen atoms in total. The molecule has 0 aliphatic heterocycles. The van der Waals surface area contributed by atoms with Crippen LogP contribution >= 0.6 is 0 Å². The predicted octanol–water partition coefficient (Wildman–Crippen LogP) is 12.9. The molecule has 4 aromatic rings. The summed E-state index contributed by atoms with van der Waals surface area (Å²) in [6, 6.07) is 33.3. The second-order valence-corrected chi connectivity index (χ2v) is 12.0. The molecule has 0 atom stereocenters. The third-order valence-corrected chi connectivity index (χ3v) is 7.85. The van der Waals surface area contributed by atoms with Gasteiger partial charge >= 0.3 is 0 Å². The maximum absolute atomic E-state index is 11.0. The second-order valence-electron chi connectivity index (χ2n) is 12.0. The lowest BCUT2D eigenvalue weighted by molar-refractivity contribution is -0.120. The largest absolute Gasteiger partial charge is 0.352 e. The van der Waals surface area contributed by atoms with Gasteiger partial charge in [0.25, 0.3) is 0 Å². The van der Waals surface area contributed by atoms with E-state index < -0.39 is 0 Å². The van der Waals surface area contributed by atoms with Crippen LogP contribution in [0.3, 0.4) is 0 Å². The van der Waals surface area contributed by atoms with Gasteiger partial charge in [-0.1, -0.05) is 173 Å². The Morgan fingerprint density at radius 1 is 0.545 bits per heavy atom. The number of nitrogens with zero attached hydrogens (tertiary/aromatic N) is 1. The van der Waals surface area contributed by atoms with Crippen LogP contribution in [0.25, 0.3) is 0 Å². The Kier molecular flexibility index (Phi) is 45.3. The first-order valence-electron chi connectivity index (χ1n) is 21.2. The zero-order valence-electron chi connectivity index (χ0n) is 38.5. The van der Waals surface area contributed by atoms with Crippen LogP contribution in [0.1, 0.15) is 140 Å². The summed E-state index contributed by atoms with van der Waals surface area (Å²) in [5.74, 6) is 0.100. The number of nitrogens with two attached hydrogens (primary N) is 1. The Bertz CT molecular complexity index is 1400. The molecule has 55 heavy (non-hydrogen) atoms. The summed E-state index contributed by atoms with van der Waals surface area (Å²) >= 11 is 0. The molecule has 0 saturated carbocycles. The molecule has 0 aliphatic carbocycles. The Labute approximate surface area is 341 Å². The first-order chi connectivity index (χ1) is 26.7. The molecule has 4 rings (SSSR count). The van der Waals surface area contributed by atoms with Gasteiger partial charge in [-0.3, -0.25) is 4.79 Å². The zero-order valence-corrected chi connectivity index (χ0v) is 38.5. The Morgan fingerprint density at radius 2 is 0.909 bits per heavy atom. The van der Waals surface area contributed by atoms with Crippen molar-refractivity contribution in [3.05, 3.63) is 142 Å². The fourth-order valence-electron chi connectivity index (χ4n) is 4.71. The molecular weight excluding hydrogens is 673 g/mol. The van der Waals surface area contributed by atoms with Gasteiger partial charge in [-0.15, -0.1) is 0 Å². The van der Waals surface area contributed by atoms with Crippen LogP contribution in [0.2, 0.25) is 0 Å². The summed E-state index contributed by atoms with van der Waals surface area (Å²) < 4.78 is 0. The zero-order chi connectivity index (χ0) is 42.9. The van der Waals surface area contributed by atoms with Crippen molar-refractivity contribution in [2.24, 2.45) is 5.73 Å². The highest BCUT2D eigenvalue weighted by atomic mass is 16.1. The Morgan fingerprint density at radius 3 is 1.24 bits per heavy atom. The normalized spacial score (nSPS) is 9.05. The van der Waals surface area contributed by atoms with E-state index in [0.29, 0.717) is 19.5 Å². The molecule has 312 valence electrons. The van der Waals surface area contributed by atoms with E-state index in [1.54, 1.807) is 0 Å². The van der Waals surface area contributed by atoms with Crippen molar-refractivity contribution < 1.29 is 4.79 Å². The van der Waals surface area contributed by atoms with Crippen LogP contribution in [0, 0.1) is 27.7 Å². The number of rotatable bonds is 12. The maximum atomic E-state index is 11.0. The van der Waals surface area contributed by atoms with Gasteiger partial charge in [0.15, 0.2) is 0 Å². The van der Waals surface area contributed by atoms with Crippen LogP contribution in [0.5, 0.6) is 0 Å². The molecule has 1 amide bonds. The summed E-state index contributed by atoms with van der Waals surface area (Å²) in [4.78, 5) is 13.3. The first kappa shape index (κ1) is 57.9. The highest BCUT2D eigenvalue weighted by Gasteiger charge is 2.01. The molecule has 0 unspecified atom stereocenters. The summed E-state index contributed by atoms with van der Waals surface area (Å²) in [7, 11) is 2.18. The lowest BCUT2D eigenvalue weighted by Gasteiger charge is -2.16. The number of aryl methyl sites for hydroxylation is 4. The third-order valence-electron chi connectivity index (χ3n) is 7.85. The van der Waals surface area contributed by atoms with Gasteiger partial charge < -0.3 is 21.3 Å². The van der Waals surface area contributed by atoms with Gasteiger partial charge in [0.2, 0.25) is 5.91 Å². The second kappa shape index (κ2) is 43.0. The molecule has 0 aromatic heterocycles. The van der Waals surface area contributed by atoms with Gasteiger partial charge in [0, 0.05) is 32.6 Å². The monoisotopic (exact) mass is 759 g/mol. The number of hydrogen-bond donors (Lipinski definition) is 3. The smallest absolute Gasteiger partial charge is 0.219 e. The van der Waals surface area contributed by atoms with Gasteiger partial charge in [-0.05, 0) is 105 Å². The lowest BCUT2D eigenvalue weighted by atomic mass is 10.1. The Hall–Kier alpha value is -3.77. The van der Waals surface area contributed by atoms with Gasteiger partial charge in [-0.2, -0.15) is 0 Å². The van der Waals surface area contributed by atoms with Gasteiger partial charge in [0.1, 0.15) is 0 Å². The van der Waals surface area contributed by atoms with Crippen molar-refractivity contribution >= 4 is 5.91 Å². The number of carbonyl (C=O) groups is 1. The third kappa shape index (κ3) is 31.2. The predicted molar refractivity (Wildman–Crippen MR) is 249 cm³/mol. The van der Waals surface area contributed by atoms with E-state index in [-0.39, 0.29) is 5.91 Å². The fourth-order valence-corrected chi connectivity index (χ4v) is 4.71. The summed E-state index contributed by atoms with van der Waals surface area (Å²) in [6.07, 6.45) is 2.97. The van der Waals surface area contributed by atoms with Crippen LogP contribution < -0.4 is 16.4 Å². The van der Waals surface area contributed by atoms with Gasteiger partial charge in [-0.25, -0.2) is 0 Å². The van der Waals surface area contributed by atoms with E-state index >= 15 is 0 Å². The van der Waals surface area contributed by atoms with E-state index in [4.69, 9.17) is 5.73 Å². The number of benzene rings is 4. The number of hydrogen-bond acceptors (Lipinski definition) is 4. The summed E-state index contributed by atoms with van der Waals surface area (Å²) in [5.41, 5.74) is 16.0. The SMILES string of the molecule is CC.CC.CC.CC.CCC(=O)NCc1ccccc1C.CCCN(C)Cc1ccccc1C.CCCNCc1ccccc1C.Cc1ccccc1CN. The minimum Gasteiger partial charge on any atom is -0.352 e. The minimum atomic E-state index is 0.100. The molecule has 0 fully saturated rings. The van der Waals surface area contributed by atoms with Crippen molar-refractivity contribution in [2.45, 2.75) is 149 Å². The lowest BCUT2D eigenvalue weighted by Crippen LogP contribution is -2.21. The van der Waals surface area contributed by atoms with E-state index in [2.05, 4.69) is 118 Å². The van der Waals surface area contributed by atoms with Crippen LogP contribution in [0.15, 0.2) is 97.1 Å². The molecule has 5 heteroatoms. The van der Waals surface area contributed by atoms with Crippen LogP contribution in [-0.4, -0.2) is 30.9 Å². The van der Waals surface area contributed by atoms with Crippen molar-refractivity contribution in [2.75, 3.05) is 20.1 Å². The molecule has 0 spiro atoms. The average Bonchev–Trinajstić information content (AvgIpc) is 3.23. The minimum absolute atomic E-state index is 0.100. The number of nitrogens with one attached hydrogen (secondary N) is 2. The van der Waals surface area contributed by atoms with Crippen molar-refractivity contribution in [3.63, 3.8) is 0 Å². The summed E-state index contributed by atoms with van der Waals surface area (Å²) in [5, 5.41) is 6.24. The molecule has 4 aromatic carbocycles. The van der Waals surface area contributed by atoms with E-state index in [0.717, 1.165) is 19.6 Å². The van der Waals surface area contributed by atoms with E-state index in [1.165, 1.54) is 63.9 Å². The maximum Gasteiger partial charge on any atom is 0.219 e. The van der Waals surface area contributed by atoms with Crippen molar-refractivity contribution in [1.29, 1.82) is 0 Å². The molecule has 0 radical (unpaired) electrons. The highest BCUT2D eigenvalue weighted by molar-refractivity contribution is 5.75. The average molecular weight is 759 g/mol. The highest BCUT2D eigenvalue weighted by Crippen LogP contribution is 2.10. The fraction of sp³-hybridized carbons (Fsp3) is 0.500. The van der Waals surface area contributed by atoms with E-state index in [9.17, 15) is 4.79 Å². The molecule has 0 saturated heterocycles. The molecule has 0 aliphatic rings. The first-order valence-corrected chi connectivity index (χ1v) is 21.2. The van der Waals surface area contributed by atoms with E-state index in [1.807, 2.05) is 106 Å². The number of amides is 1. The van der Waals surface area contributed by atoms with Gasteiger partial charge in [0.05, 0.1) is 0 Å². The number of carbonyl (C=O) groups excluding carboxylic acids is 1. The molecule has 0 bridgehead atoms. The topological polar surface area (TPSA) is 70.4 Å².